The molecule has 1 fully saturated rings. The molecule has 0 saturated carbocycles. The van der Waals surface area contributed by atoms with Crippen molar-refractivity contribution in [3.8, 4) is 5.75 Å². The van der Waals surface area contributed by atoms with Crippen molar-refractivity contribution >= 4 is 17.5 Å². The molecule has 7 heteroatoms. The van der Waals surface area contributed by atoms with Gasteiger partial charge in [0, 0.05) is 62.5 Å². The average Bonchev–Trinajstić information content (AvgIpc) is 3.45. The van der Waals surface area contributed by atoms with Crippen molar-refractivity contribution in [3.63, 3.8) is 0 Å². The Morgan fingerprint density at radius 2 is 1.57 bits per heavy atom. The lowest BCUT2D eigenvalue weighted by Gasteiger charge is -2.29. The molecule has 2 aliphatic rings. The smallest absolute Gasteiger partial charge is 0.254 e. The van der Waals surface area contributed by atoms with E-state index in [1.165, 1.54) is 12.8 Å². The summed E-state index contributed by atoms with van der Waals surface area (Å²) >= 11 is 0. The molecule has 7 nitrogen and oxygen atoms in total. The van der Waals surface area contributed by atoms with Gasteiger partial charge in [0.2, 0.25) is 5.91 Å². The Morgan fingerprint density at radius 1 is 0.833 bits per heavy atom. The first-order chi connectivity index (χ1) is 20.2. The molecule has 0 aromatic heterocycles. The third kappa shape index (κ3) is 8.81. The number of hydrogen-bond donors (Lipinski definition) is 0. The van der Waals surface area contributed by atoms with Crippen molar-refractivity contribution in [2.24, 2.45) is 11.8 Å². The number of carbonyl (C=O) groups is 2. The average molecular weight is 577 g/mol. The molecule has 2 aromatic rings. The van der Waals surface area contributed by atoms with Crippen molar-refractivity contribution in [1.82, 2.24) is 14.7 Å². The van der Waals surface area contributed by atoms with E-state index in [1.54, 1.807) is 0 Å². The molecule has 2 heterocycles. The van der Waals surface area contributed by atoms with Gasteiger partial charge >= 0.3 is 0 Å². The van der Waals surface area contributed by atoms with E-state index in [4.69, 9.17) is 4.74 Å². The third-order valence-corrected chi connectivity index (χ3v) is 8.18. The summed E-state index contributed by atoms with van der Waals surface area (Å²) in [6.07, 6.45) is 3.86. The van der Waals surface area contributed by atoms with E-state index in [-0.39, 0.29) is 17.7 Å². The lowest BCUT2D eigenvalue weighted by molar-refractivity contribution is -0.119. The van der Waals surface area contributed by atoms with Crippen molar-refractivity contribution in [3.05, 3.63) is 59.2 Å². The maximum atomic E-state index is 14.3. The van der Waals surface area contributed by atoms with Crippen LogP contribution in [0.25, 0.3) is 0 Å². The fourth-order valence-electron chi connectivity index (χ4n) is 6.23. The maximum Gasteiger partial charge on any atom is 0.254 e. The fourth-order valence-corrected chi connectivity index (χ4v) is 6.23. The fraction of sp³-hybridized carbons (Fsp3) is 0.600. The van der Waals surface area contributed by atoms with Gasteiger partial charge in [0.05, 0.1) is 6.61 Å². The molecular weight excluding hydrogens is 524 g/mol. The number of amides is 2. The molecule has 2 amide bonds. The minimum atomic E-state index is 0.0272. The lowest BCUT2D eigenvalue weighted by Crippen LogP contribution is -2.40. The lowest BCUT2D eigenvalue weighted by atomic mass is 10.1. The molecule has 0 bridgehead atoms. The van der Waals surface area contributed by atoms with Gasteiger partial charge in [-0.25, -0.2) is 0 Å². The summed E-state index contributed by atoms with van der Waals surface area (Å²) in [7, 11) is 0. The van der Waals surface area contributed by atoms with Crippen LogP contribution in [-0.2, 0) is 17.9 Å². The maximum absolute atomic E-state index is 14.3. The van der Waals surface area contributed by atoms with E-state index in [1.807, 2.05) is 53.1 Å². The number of carbonyl (C=O) groups excluding carboxylic acids is 2. The number of hydrogen-bond acceptors (Lipinski definition) is 5. The molecule has 230 valence electrons. The van der Waals surface area contributed by atoms with E-state index >= 15 is 0 Å². The van der Waals surface area contributed by atoms with E-state index in [2.05, 4.69) is 43.6 Å². The van der Waals surface area contributed by atoms with Crippen LogP contribution in [0.1, 0.15) is 81.8 Å². The van der Waals surface area contributed by atoms with Gasteiger partial charge in [-0.15, -0.1) is 0 Å². The van der Waals surface area contributed by atoms with E-state index < -0.39 is 0 Å². The highest BCUT2D eigenvalue weighted by Crippen LogP contribution is 2.28. The molecule has 0 aliphatic carbocycles. The Balaban J connectivity index is 1.68. The van der Waals surface area contributed by atoms with Crippen molar-refractivity contribution in [2.75, 3.05) is 57.3 Å². The third-order valence-electron chi connectivity index (χ3n) is 8.18. The molecule has 0 unspecified atom stereocenters. The molecule has 42 heavy (non-hydrogen) atoms. The van der Waals surface area contributed by atoms with Crippen molar-refractivity contribution in [1.29, 1.82) is 0 Å². The van der Waals surface area contributed by atoms with Gasteiger partial charge in [0.15, 0.2) is 0 Å². The molecule has 2 aromatic carbocycles. The summed E-state index contributed by atoms with van der Waals surface area (Å²) < 4.78 is 5.97. The molecular formula is C35H52N4O3. The highest BCUT2D eigenvalue weighted by molar-refractivity contribution is 5.96. The Hall–Kier alpha value is -2.90. The van der Waals surface area contributed by atoms with E-state index in [9.17, 15) is 9.59 Å². The topological polar surface area (TPSA) is 56.3 Å². The zero-order chi connectivity index (χ0) is 30.1. The summed E-state index contributed by atoms with van der Waals surface area (Å²) in [5.41, 5.74) is 3.72. The molecule has 0 N–H and O–H groups in total. The van der Waals surface area contributed by atoms with Crippen molar-refractivity contribution < 1.29 is 14.3 Å². The van der Waals surface area contributed by atoms with Crippen LogP contribution in [0.5, 0.6) is 5.75 Å². The van der Waals surface area contributed by atoms with Gasteiger partial charge < -0.3 is 19.4 Å². The van der Waals surface area contributed by atoms with E-state index in [0.29, 0.717) is 44.1 Å². The van der Waals surface area contributed by atoms with Crippen LogP contribution >= 0.6 is 0 Å². The first-order valence-corrected chi connectivity index (χ1v) is 16.1. The zero-order valence-electron chi connectivity index (χ0n) is 26.6. The van der Waals surface area contributed by atoms with Crippen LogP contribution in [0.3, 0.4) is 0 Å². The number of anilines is 1. The molecule has 0 radical (unpaired) electrons. The van der Waals surface area contributed by atoms with Crippen molar-refractivity contribution in [2.45, 2.75) is 73.4 Å². The van der Waals surface area contributed by atoms with Crippen LogP contribution < -0.4 is 9.64 Å². The summed E-state index contributed by atoms with van der Waals surface area (Å²) in [5, 5.41) is 0. The summed E-state index contributed by atoms with van der Waals surface area (Å²) in [5.74, 6) is 1.86. The summed E-state index contributed by atoms with van der Waals surface area (Å²) in [4.78, 5) is 36.6. The number of ether oxygens (including phenoxy) is 1. The van der Waals surface area contributed by atoms with Gasteiger partial charge in [-0.3, -0.25) is 14.5 Å². The summed E-state index contributed by atoms with van der Waals surface area (Å²) in [6, 6.07) is 14.1. The molecule has 2 aliphatic heterocycles. The largest absolute Gasteiger partial charge is 0.494 e. The summed E-state index contributed by atoms with van der Waals surface area (Å²) in [6.45, 7) is 18.7. The zero-order valence-corrected chi connectivity index (χ0v) is 26.6. The van der Waals surface area contributed by atoms with Crippen LogP contribution in [0, 0.1) is 11.8 Å². The first kappa shape index (κ1) is 32.0. The number of nitrogens with zero attached hydrogens (tertiary/aromatic N) is 4. The minimum absolute atomic E-state index is 0.0272. The Kier molecular flexibility index (Phi) is 11.8. The second-order valence-corrected chi connectivity index (χ2v) is 12.8. The quantitative estimate of drug-likeness (QED) is 0.363. The van der Waals surface area contributed by atoms with Crippen LogP contribution in [0.15, 0.2) is 42.5 Å². The first-order valence-electron chi connectivity index (χ1n) is 16.1. The Bertz CT molecular complexity index is 1170. The normalized spacial score (nSPS) is 17.4. The van der Waals surface area contributed by atoms with Crippen LogP contribution in [0.4, 0.5) is 5.69 Å². The number of para-hydroxylation sites is 1. The Morgan fingerprint density at radius 3 is 2.29 bits per heavy atom. The van der Waals surface area contributed by atoms with Gasteiger partial charge in [-0.05, 0) is 87.5 Å². The Labute approximate surface area is 253 Å². The van der Waals surface area contributed by atoms with Gasteiger partial charge in [-0.2, -0.15) is 0 Å². The van der Waals surface area contributed by atoms with E-state index in [0.717, 1.165) is 68.3 Å². The molecule has 0 atom stereocenters. The number of rotatable bonds is 9. The second-order valence-electron chi connectivity index (χ2n) is 12.8. The molecule has 4 rings (SSSR count). The molecule has 0 spiro atoms. The molecule has 1 saturated heterocycles. The monoisotopic (exact) mass is 576 g/mol. The predicted molar refractivity (Wildman–Crippen MR) is 171 cm³/mol. The van der Waals surface area contributed by atoms with Crippen LogP contribution in [-0.4, -0.2) is 78.9 Å². The van der Waals surface area contributed by atoms with Gasteiger partial charge in [0.1, 0.15) is 5.75 Å². The number of likely N-dealkylation sites (tertiary alicyclic amines) is 1. The number of benzene rings is 2. The van der Waals surface area contributed by atoms with Gasteiger partial charge in [0.25, 0.3) is 5.91 Å². The van der Waals surface area contributed by atoms with Gasteiger partial charge in [-0.1, -0.05) is 45.9 Å². The SMILES string of the molecule is CCOc1ccc(C(=O)N2CCN(CC(C)C)CCCN(C(=O)CC(C)C)c3ccccc3C2)cc1CN1CCCC1. The highest BCUT2D eigenvalue weighted by atomic mass is 16.5. The van der Waals surface area contributed by atoms with Crippen LogP contribution in [0.2, 0.25) is 0 Å². The standard InChI is InChI=1S/C35H52N4O3/c1-6-42-33-15-14-29(23-31(33)25-36-16-9-10-17-36)35(41)38-21-20-37(24-28(4)5)18-11-19-39(34(40)22-27(2)3)32-13-8-7-12-30(32)26-38/h7-8,12-15,23,27-28H,6,9-11,16-22,24-26H2,1-5H3. The predicted octanol–water partition coefficient (Wildman–Crippen LogP) is 6.06. The number of fused-ring (bicyclic) bond motifs is 1. The second kappa shape index (κ2) is 15.5. The highest BCUT2D eigenvalue weighted by Gasteiger charge is 2.25. The minimum Gasteiger partial charge on any atom is -0.494 e.